The van der Waals surface area contributed by atoms with Crippen molar-refractivity contribution in [2.75, 3.05) is 7.11 Å². The van der Waals surface area contributed by atoms with Crippen LogP contribution in [0, 0.1) is 0 Å². The summed E-state index contributed by atoms with van der Waals surface area (Å²) in [4.78, 5) is 16.0. The summed E-state index contributed by atoms with van der Waals surface area (Å²) in [5.74, 6) is 0.123. The minimum absolute atomic E-state index is 0.114. The fraction of sp³-hybridized carbons (Fsp3) is 0.143. The molecular weight excluding hydrogens is 391 g/mol. The number of ether oxygens (including phenoxy) is 1. The van der Waals surface area contributed by atoms with E-state index in [1.165, 1.54) is 18.9 Å². The lowest BCUT2D eigenvalue weighted by molar-refractivity contribution is 0.0606. The Labute approximate surface area is 155 Å². The molecule has 0 unspecified atom stereocenters. The van der Waals surface area contributed by atoms with Crippen LogP contribution in [0.4, 0.5) is 0 Å². The molecule has 0 saturated heterocycles. The molecule has 0 fully saturated rings. The molecule has 10 heteroatoms. The Bertz CT molecular complexity index is 910. The number of hydrogen-bond acceptors (Lipinski definition) is 7. The van der Waals surface area contributed by atoms with Gasteiger partial charge in [0.2, 0.25) is 0 Å². The molecule has 0 saturated carbocycles. The molecule has 124 valence electrons. The average molecular weight is 401 g/mol. The molecule has 24 heavy (non-hydrogen) atoms. The van der Waals surface area contributed by atoms with Crippen molar-refractivity contribution in [3.63, 3.8) is 0 Å². The highest BCUT2D eigenvalue weighted by Gasteiger charge is 2.20. The number of carbonyl (C=O) groups excluding carboxylic acids is 1. The van der Waals surface area contributed by atoms with Gasteiger partial charge in [-0.05, 0) is 23.9 Å². The number of hydrogen-bond donors (Lipinski definition) is 0. The number of carbonyl (C=O) groups is 1. The highest BCUT2D eigenvalue weighted by molar-refractivity contribution is 8.00. The normalized spacial score (nSPS) is 10.8. The zero-order valence-corrected chi connectivity index (χ0v) is 15.6. The highest BCUT2D eigenvalue weighted by Crippen LogP contribution is 2.36. The third-order valence-electron chi connectivity index (χ3n) is 3.07. The predicted octanol–water partition coefficient (Wildman–Crippen LogP) is 4.18. The lowest BCUT2D eigenvalue weighted by atomic mass is 10.2. The van der Waals surface area contributed by atoms with Crippen LogP contribution in [0.5, 0.6) is 0 Å². The van der Waals surface area contributed by atoms with Crippen molar-refractivity contribution in [1.29, 1.82) is 0 Å². The third-order valence-corrected chi connectivity index (χ3v) is 5.91. The smallest absolute Gasteiger partial charge is 0.351 e. The molecule has 3 aromatic rings. The molecule has 0 aliphatic heterocycles. The molecule has 2 heterocycles. The first-order valence-electron chi connectivity index (χ1n) is 6.58. The van der Waals surface area contributed by atoms with E-state index in [4.69, 9.17) is 23.2 Å². The lowest BCUT2D eigenvalue weighted by Gasteiger charge is -2.04. The average Bonchev–Trinajstić information content (AvgIpc) is 3.11. The zero-order chi connectivity index (χ0) is 17.3. The van der Waals surface area contributed by atoms with E-state index in [9.17, 15) is 4.79 Å². The van der Waals surface area contributed by atoms with Gasteiger partial charge in [-0.1, -0.05) is 46.7 Å². The van der Waals surface area contributed by atoms with Crippen molar-refractivity contribution in [2.24, 2.45) is 7.05 Å². The summed E-state index contributed by atoms with van der Waals surface area (Å²) in [5.41, 5.74) is 0.786. The number of benzene rings is 1. The molecule has 0 bridgehead atoms. The van der Waals surface area contributed by atoms with E-state index < -0.39 is 5.97 Å². The van der Waals surface area contributed by atoms with Gasteiger partial charge in [-0.25, -0.2) is 9.78 Å². The van der Waals surface area contributed by atoms with Gasteiger partial charge in [0.15, 0.2) is 25.4 Å². The maximum atomic E-state index is 11.6. The second-order valence-corrected chi connectivity index (χ2v) is 7.52. The Kier molecular flexibility index (Phi) is 5.09. The molecule has 0 aliphatic rings. The molecule has 6 nitrogen and oxygen atoms in total. The SMILES string of the molecule is COC(=O)c1sc(Sc2nnc(-c3ccccc3Cl)n2C)nc1Cl. The monoisotopic (exact) mass is 400 g/mol. The first-order chi connectivity index (χ1) is 11.5. The Hall–Kier alpha value is -1.61. The van der Waals surface area contributed by atoms with Crippen LogP contribution in [0.3, 0.4) is 0 Å². The van der Waals surface area contributed by atoms with Gasteiger partial charge < -0.3 is 9.30 Å². The molecule has 3 rings (SSSR count). The Morgan fingerprint density at radius 3 is 2.75 bits per heavy atom. The zero-order valence-electron chi connectivity index (χ0n) is 12.5. The maximum absolute atomic E-state index is 11.6. The Balaban J connectivity index is 1.90. The predicted molar refractivity (Wildman–Crippen MR) is 94.0 cm³/mol. The molecule has 0 aliphatic carbocycles. The topological polar surface area (TPSA) is 69.9 Å². The van der Waals surface area contributed by atoms with Crippen LogP contribution in [0.15, 0.2) is 33.8 Å². The van der Waals surface area contributed by atoms with Gasteiger partial charge in [0, 0.05) is 12.6 Å². The van der Waals surface area contributed by atoms with Gasteiger partial charge in [-0.3, -0.25) is 0 Å². The number of halogens is 2. The summed E-state index contributed by atoms with van der Waals surface area (Å²) >= 11 is 14.6. The first kappa shape index (κ1) is 17.2. The van der Waals surface area contributed by atoms with E-state index in [0.29, 0.717) is 20.3 Å². The van der Waals surface area contributed by atoms with Gasteiger partial charge in [0.05, 0.1) is 12.1 Å². The van der Waals surface area contributed by atoms with E-state index in [2.05, 4.69) is 19.9 Å². The van der Waals surface area contributed by atoms with Crippen molar-refractivity contribution >= 4 is 52.3 Å². The van der Waals surface area contributed by atoms with Crippen LogP contribution in [0.1, 0.15) is 9.67 Å². The quantitative estimate of drug-likeness (QED) is 0.611. The fourth-order valence-corrected chi connectivity index (χ4v) is 4.35. The van der Waals surface area contributed by atoms with E-state index in [1.807, 2.05) is 25.2 Å². The van der Waals surface area contributed by atoms with E-state index in [1.54, 1.807) is 10.6 Å². The summed E-state index contributed by atoms with van der Waals surface area (Å²) in [5, 5.41) is 9.65. The number of thiazole rings is 1. The van der Waals surface area contributed by atoms with Crippen LogP contribution in [0.25, 0.3) is 11.4 Å². The van der Waals surface area contributed by atoms with Gasteiger partial charge in [0.1, 0.15) is 0 Å². The summed E-state index contributed by atoms with van der Waals surface area (Å²) in [7, 11) is 3.13. The molecular formula is C14H10Cl2N4O2S2. The first-order valence-corrected chi connectivity index (χ1v) is 8.97. The standard InChI is InChI=1S/C14H10Cl2N4O2S2/c1-20-11(7-5-3-4-6-8(7)15)18-19-13(20)24-14-17-10(16)9(23-14)12(21)22-2/h3-6H,1-2H3. The second-order valence-electron chi connectivity index (χ2n) is 4.54. The minimum atomic E-state index is -0.515. The fourth-order valence-electron chi connectivity index (χ4n) is 1.90. The van der Waals surface area contributed by atoms with Crippen molar-refractivity contribution in [3.8, 4) is 11.4 Å². The number of methoxy groups -OCH3 is 1. The minimum Gasteiger partial charge on any atom is -0.465 e. The Morgan fingerprint density at radius 2 is 2.04 bits per heavy atom. The molecule has 0 spiro atoms. The highest BCUT2D eigenvalue weighted by atomic mass is 35.5. The Morgan fingerprint density at radius 1 is 1.29 bits per heavy atom. The number of nitrogens with zero attached hydrogens (tertiary/aromatic N) is 4. The lowest BCUT2D eigenvalue weighted by Crippen LogP contribution is -1.98. The van der Waals surface area contributed by atoms with Gasteiger partial charge >= 0.3 is 5.97 Å². The van der Waals surface area contributed by atoms with Crippen LogP contribution in [0.2, 0.25) is 10.2 Å². The van der Waals surface area contributed by atoms with Crippen molar-refractivity contribution < 1.29 is 9.53 Å². The molecule has 0 radical (unpaired) electrons. The van der Waals surface area contributed by atoms with Gasteiger partial charge in [0.25, 0.3) is 0 Å². The van der Waals surface area contributed by atoms with Crippen LogP contribution in [-0.4, -0.2) is 32.8 Å². The molecule has 0 atom stereocenters. The number of aromatic nitrogens is 4. The van der Waals surface area contributed by atoms with Crippen molar-refractivity contribution in [1.82, 2.24) is 19.7 Å². The van der Waals surface area contributed by atoms with Crippen LogP contribution in [-0.2, 0) is 11.8 Å². The second kappa shape index (κ2) is 7.10. The summed E-state index contributed by atoms with van der Waals surface area (Å²) < 4.78 is 7.04. The molecule has 0 amide bonds. The molecule has 1 aromatic carbocycles. The van der Waals surface area contributed by atoms with E-state index in [-0.39, 0.29) is 10.0 Å². The van der Waals surface area contributed by atoms with Crippen LogP contribution >= 0.6 is 46.3 Å². The van der Waals surface area contributed by atoms with Gasteiger partial charge in [-0.15, -0.1) is 10.2 Å². The van der Waals surface area contributed by atoms with E-state index in [0.717, 1.165) is 16.9 Å². The van der Waals surface area contributed by atoms with Crippen molar-refractivity contribution in [2.45, 2.75) is 9.50 Å². The summed E-state index contributed by atoms with van der Waals surface area (Å²) in [6.45, 7) is 0. The third kappa shape index (κ3) is 3.27. The van der Waals surface area contributed by atoms with Crippen LogP contribution < -0.4 is 0 Å². The van der Waals surface area contributed by atoms with Gasteiger partial charge in [-0.2, -0.15) is 0 Å². The largest absolute Gasteiger partial charge is 0.465 e. The molecule has 0 N–H and O–H groups in total. The number of rotatable bonds is 4. The summed E-state index contributed by atoms with van der Waals surface area (Å²) in [6, 6.07) is 7.40. The van der Waals surface area contributed by atoms with Crippen molar-refractivity contribution in [3.05, 3.63) is 39.3 Å². The molecule has 2 aromatic heterocycles. The number of esters is 1. The van der Waals surface area contributed by atoms with E-state index >= 15 is 0 Å². The maximum Gasteiger partial charge on any atom is 0.351 e. The summed E-state index contributed by atoms with van der Waals surface area (Å²) in [6.07, 6.45) is 0.